The summed E-state index contributed by atoms with van der Waals surface area (Å²) >= 11 is 0. The predicted octanol–water partition coefficient (Wildman–Crippen LogP) is 1.54. The monoisotopic (exact) mass is 263 g/mol. The van der Waals surface area contributed by atoms with E-state index < -0.39 is 11.9 Å². The lowest BCUT2D eigenvalue weighted by molar-refractivity contribution is -0.149. The first-order valence-corrected chi connectivity index (χ1v) is 6.33. The Morgan fingerprint density at radius 3 is 2.37 bits per heavy atom. The summed E-state index contributed by atoms with van der Waals surface area (Å²) in [6.07, 6.45) is 0.763. The van der Waals surface area contributed by atoms with Gasteiger partial charge in [-0.25, -0.2) is 0 Å². The molecule has 1 unspecified atom stereocenters. The van der Waals surface area contributed by atoms with E-state index in [0.29, 0.717) is 13.0 Å². The number of Topliss-reactive ketones (excluding diaryl/α,β-unsaturated/α-hetero) is 1. The van der Waals surface area contributed by atoms with Crippen LogP contribution in [0.25, 0.3) is 0 Å². The van der Waals surface area contributed by atoms with Gasteiger partial charge in [-0.05, 0) is 32.6 Å². The number of esters is 1. The van der Waals surface area contributed by atoms with Crippen molar-refractivity contribution in [3.8, 4) is 0 Å². The van der Waals surface area contributed by atoms with E-state index in [2.05, 4.69) is 0 Å². The minimum absolute atomic E-state index is 0.0834. The van der Waals surface area contributed by atoms with E-state index in [1.54, 1.807) is 0 Å². The normalized spacial score (nSPS) is 12.2. The van der Waals surface area contributed by atoms with Crippen LogP contribution in [0.5, 0.6) is 0 Å². The average molecular weight is 263 g/mol. The van der Waals surface area contributed by atoms with Crippen molar-refractivity contribution >= 4 is 11.8 Å². The summed E-state index contributed by atoms with van der Waals surface area (Å²) in [6, 6.07) is 9.44. The summed E-state index contributed by atoms with van der Waals surface area (Å²) < 4.78 is 4.73. The molecule has 1 aromatic rings. The van der Waals surface area contributed by atoms with Crippen LogP contribution in [0.1, 0.15) is 12.0 Å². The molecule has 0 spiro atoms. The minimum Gasteiger partial charge on any atom is -0.468 e. The largest absolute Gasteiger partial charge is 0.468 e. The first-order valence-electron chi connectivity index (χ1n) is 6.33. The fourth-order valence-corrected chi connectivity index (χ4v) is 1.86. The van der Waals surface area contributed by atoms with Crippen molar-refractivity contribution in [3.05, 3.63) is 35.9 Å². The van der Waals surface area contributed by atoms with Gasteiger partial charge in [-0.2, -0.15) is 0 Å². The second-order valence-corrected chi connectivity index (χ2v) is 4.80. The van der Waals surface area contributed by atoms with Gasteiger partial charge in [0.25, 0.3) is 0 Å². The Kier molecular flexibility index (Phi) is 6.22. The Labute approximate surface area is 114 Å². The molecule has 1 aromatic carbocycles. The van der Waals surface area contributed by atoms with E-state index in [1.807, 2.05) is 49.3 Å². The number of benzene rings is 1. The van der Waals surface area contributed by atoms with Crippen molar-refractivity contribution < 1.29 is 14.3 Å². The molecule has 1 rings (SSSR count). The van der Waals surface area contributed by atoms with Gasteiger partial charge in [0.05, 0.1) is 7.11 Å². The Hall–Kier alpha value is -1.68. The van der Waals surface area contributed by atoms with E-state index in [-0.39, 0.29) is 12.2 Å². The molecule has 0 heterocycles. The number of hydrogen-bond acceptors (Lipinski definition) is 4. The zero-order valence-corrected chi connectivity index (χ0v) is 11.8. The maximum atomic E-state index is 12.2. The van der Waals surface area contributed by atoms with Gasteiger partial charge in [0.2, 0.25) is 0 Å². The van der Waals surface area contributed by atoms with E-state index in [4.69, 9.17) is 4.74 Å². The van der Waals surface area contributed by atoms with Crippen molar-refractivity contribution in [2.75, 3.05) is 27.7 Å². The number of ketones is 1. The minimum atomic E-state index is -0.674. The summed E-state index contributed by atoms with van der Waals surface area (Å²) in [5.41, 5.74) is 0.922. The van der Waals surface area contributed by atoms with Crippen molar-refractivity contribution in [2.24, 2.45) is 5.92 Å². The van der Waals surface area contributed by atoms with Gasteiger partial charge in [-0.15, -0.1) is 0 Å². The quantitative estimate of drug-likeness (QED) is 0.553. The van der Waals surface area contributed by atoms with Crippen molar-refractivity contribution in [2.45, 2.75) is 12.8 Å². The second kappa shape index (κ2) is 7.69. The first-order chi connectivity index (χ1) is 9.04. The molecular formula is C15H21NO3. The highest BCUT2D eigenvalue weighted by molar-refractivity contribution is 5.99. The van der Waals surface area contributed by atoms with Gasteiger partial charge in [0.15, 0.2) is 5.78 Å². The molecule has 0 aliphatic rings. The zero-order chi connectivity index (χ0) is 14.3. The van der Waals surface area contributed by atoms with Gasteiger partial charge < -0.3 is 9.64 Å². The zero-order valence-electron chi connectivity index (χ0n) is 11.8. The van der Waals surface area contributed by atoms with Gasteiger partial charge in [-0.3, -0.25) is 9.59 Å². The number of carbonyl (C=O) groups excluding carboxylic acids is 2. The third-order valence-corrected chi connectivity index (χ3v) is 2.96. The van der Waals surface area contributed by atoms with Gasteiger partial charge in [0, 0.05) is 6.42 Å². The third kappa shape index (κ3) is 5.22. The standard InChI is InChI=1S/C15H21NO3/c1-16(2)10-9-13(15(18)19-3)14(17)11-12-7-5-4-6-8-12/h4-8,13H,9-11H2,1-3H3. The molecule has 0 amide bonds. The van der Waals surface area contributed by atoms with Crippen molar-refractivity contribution in [1.82, 2.24) is 4.90 Å². The fraction of sp³-hybridized carbons (Fsp3) is 0.467. The number of nitrogens with zero attached hydrogens (tertiary/aromatic N) is 1. The van der Waals surface area contributed by atoms with Gasteiger partial charge in [-0.1, -0.05) is 30.3 Å². The molecule has 104 valence electrons. The molecule has 19 heavy (non-hydrogen) atoms. The van der Waals surface area contributed by atoms with Crippen molar-refractivity contribution in [1.29, 1.82) is 0 Å². The van der Waals surface area contributed by atoms with Crippen LogP contribution in [0.2, 0.25) is 0 Å². The molecule has 0 aliphatic heterocycles. The molecule has 1 atom stereocenters. The van der Waals surface area contributed by atoms with Crippen LogP contribution in [0, 0.1) is 5.92 Å². The molecule has 0 saturated heterocycles. The second-order valence-electron chi connectivity index (χ2n) is 4.80. The first kappa shape index (κ1) is 15.4. The van der Waals surface area contributed by atoms with Crippen LogP contribution in [0.3, 0.4) is 0 Å². The number of carbonyl (C=O) groups is 2. The van der Waals surface area contributed by atoms with Crippen LogP contribution < -0.4 is 0 Å². The molecule has 4 nitrogen and oxygen atoms in total. The molecule has 0 aliphatic carbocycles. The summed E-state index contributed by atoms with van der Waals surface area (Å²) in [6.45, 7) is 0.681. The highest BCUT2D eigenvalue weighted by atomic mass is 16.5. The Bertz CT molecular complexity index is 415. The van der Waals surface area contributed by atoms with Crippen LogP contribution in [0.15, 0.2) is 30.3 Å². The maximum Gasteiger partial charge on any atom is 0.316 e. The van der Waals surface area contributed by atoms with Crippen molar-refractivity contribution in [3.63, 3.8) is 0 Å². The van der Waals surface area contributed by atoms with E-state index in [9.17, 15) is 9.59 Å². The number of rotatable bonds is 7. The van der Waals surface area contributed by atoms with E-state index in [0.717, 1.165) is 5.56 Å². The molecular weight excluding hydrogens is 242 g/mol. The van der Waals surface area contributed by atoms with Gasteiger partial charge >= 0.3 is 5.97 Å². The van der Waals surface area contributed by atoms with E-state index in [1.165, 1.54) is 7.11 Å². The highest BCUT2D eigenvalue weighted by Gasteiger charge is 2.27. The summed E-state index contributed by atoms with van der Waals surface area (Å²) in [5.74, 6) is -1.20. The molecule has 4 heteroatoms. The topological polar surface area (TPSA) is 46.6 Å². The smallest absolute Gasteiger partial charge is 0.316 e. The highest BCUT2D eigenvalue weighted by Crippen LogP contribution is 2.12. The Morgan fingerprint density at radius 1 is 1.21 bits per heavy atom. The van der Waals surface area contributed by atoms with Crippen LogP contribution >= 0.6 is 0 Å². The molecule has 0 N–H and O–H groups in total. The van der Waals surface area contributed by atoms with Gasteiger partial charge in [0.1, 0.15) is 5.92 Å². The van der Waals surface area contributed by atoms with E-state index >= 15 is 0 Å². The number of hydrogen-bond donors (Lipinski definition) is 0. The SMILES string of the molecule is COC(=O)C(CCN(C)C)C(=O)Cc1ccccc1. The molecule has 0 bridgehead atoms. The predicted molar refractivity (Wildman–Crippen MR) is 73.8 cm³/mol. The third-order valence-electron chi connectivity index (χ3n) is 2.96. The molecule has 0 fully saturated rings. The molecule has 0 saturated carbocycles. The number of methoxy groups -OCH3 is 1. The van der Waals surface area contributed by atoms with Crippen LogP contribution in [-0.4, -0.2) is 44.4 Å². The fourth-order valence-electron chi connectivity index (χ4n) is 1.86. The lowest BCUT2D eigenvalue weighted by atomic mass is 9.95. The molecule has 0 aromatic heterocycles. The maximum absolute atomic E-state index is 12.2. The van der Waals surface area contributed by atoms with Crippen LogP contribution in [-0.2, 0) is 20.7 Å². The Balaban J connectivity index is 2.68. The van der Waals surface area contributed by atoms with Crippen LogP contribution in [0.4, 0.5) is 0 Å². The Morgan fingerprint density at radius 2 is 1.84 bits per heavy atom. The average Bonchev–Trinajstić information content (AvgIpc) is 2.39. The summed E-state index contributed by atoms with van der Waals surface area (Å²) in [4.78, 5) is 25.9. The lowest BCUT2D eigenvalue weighted by Crippen LogP contribution is -2.30. The number of ether oxygens (including phenoxy) is 1. The summed E-state index contributed by atoms with van der Waals surface area (Å²) in [7, 11) is 5.15. The summed E-state index contributed by atoms with van der Waals surface area (Å²) in [5, 5.41) is 0. The lowest BCUT2D eigenvalue weighted by Gasteiger charge is -2.16. The molecule has 0 radical (unpaired) electrons.